The maximum atomic E-state index is 6.23. The van der Waals surface area contributed by atoms with E-state index in [0.29, 0.717) is 5.92 Å². The van der Waals surface area contributed by atoms with Gasteiger partial charge in [0.15, 0.2) is 0 Å². The highest BCUT2D eigenvalue weighted by atomic mass is 16.3. The molecule has 1 aromatic carbocycles. The van der Waals surface area contributed by atoms with Crippen molar-refractivity contribution in [3.63, 3.8) is 0 Å². The van der Waals surface area contributed by atoms with Gasteiger partial charge < -0.3 is 10.2 Å². The van der Waals surface area contributed by atoms with Gasteiger partial charge in [-0.2, -0.15) is 0 Å². The number of benzene rings is 1. The first kappa shape index (κ1) is 11.8. The second-order valence-electron chi connectivity index (χ2n) is 6.49. The molecule has 0 amide bonds. The molecule has 1 saturated carbocycles. The van der Waals surface area contributed by atoms with Crippen LogP contribution in [-0.4, -0.2) is 0 Å². The summed E-state index contributed by atoms with van der Waals surface area (Å²) in [5.41, 5.74) is 8.59. The van der Waals surface area contributed by atoms with E-state index in [1.165, 1.54) is 23.8 Å². The van der Waals surface area contributed by atoms with Crippen molar-refractivity contribution in [2.75, 3.05) is 0 Å². The molecular formula is C16H21NO. The Labute approximate surface area is 108 Å². The monoisotopic (exact) mass is 243 g/mol. The summed E-state index contributed by atoms with van der Waals surface area (Å²) in [6.45, 7) is 6.64. The maximum Gasteiger partial charge on any atom is 0.138 e. The number of fused-ring (bicyclic) bond motifs is 1. The van der Waals surface area contributed by atoms with Crippen molar-refractivity contribution in [3.8, 4) is 0 Å². The van der Waals surface area contributed by atoms with Crippen molar-refractivity contribution >= 4 is 11.0 Å². The van der Waals surface area contributed by atoms with Gasteiger partial charge in [-0.05, 0) is 30.2 Å². The smallest absolute Gasteiger partial charge is 0.138 e. The highest BCUT2D eigenvalue weighted by Crippen LogP contribution is 2.41. The highest BCUT2D eigenvalue weighted by Gasteiger charge is 2.32. The summed E-state index contributed by atoms with van der Waals surface area (Å²) in [4.78, 5) is 0. The maximum absolute atomic E-state index is 6.23. The summed E-state index contributed by atoms with van der Waals surface area (Å²) >= 11 is 0. The minimum Gasteiger partial charge on any atom is -0.459 e. The van der Waals surface area contributed by atoms with Crippen LogP contribution in [0.15, 0.2) is 28.7 Å². The quantitative estimate of drug-likeness (QED) is 0.861. The molecule has 0 saturated heterocycles. The van der Waals surface area contributed by atoms with E-state index in [-0.39, 0.29) is 11.5 Å². The topological polar surface area (TPSA) is 39.2 Å². The normalized spacial score (nSPS) is 18.2. The SMILES string of the molecule is CC(C)(C)c1cccc2cc(C(N)C3CC3)oc12. The lowest BCUT2D eigenvalue weighted by molar-refractivity contribution is 0.460. The van der Waals surface area contributed by atoms with Gasteiger partial charge in [-0.15, -0.1) is 0 Å². The van der Waals surface area contributed by atoms with E-state index in [1.54, 1.807) is 0 Å². The van der Waals surface area contributed by atoms with Crippen LogP contribution in [0, 0.1) is 5.92 Å². The Morgan fingerprint density at radius 2 is 2.00 bits per heavy atom. The van der Waals surface area contributed by atoms with E-state index in [4.69, 9.17) is 10.2 Å². The first-order valence-electron chi connectivity index (χ1n) is 6.75. The molecule has 1 atom stereocenters. The zero-order chi connectivity index (χ0) is 12.9. The Bertz CT molecular complexity index is 572. The fraction of sp³-hybridized carbons (Fsp3) is 0.500. The van der Waals surface area contributed by atoms with E-state index >= 15 is 0 Å². The van der Waals surface area contributed by atoms with Crippen LogP contribution in [0.3, 0.4) is 0 Å². The molecule has 2 N–H and O–H groups in total. The van der Waals surface area contributed by atoms with Crippen molar-refractivity contribution in [2.24, 2.45) is 11.7 Å². The summed E-state index contributed by atoms with van der Waals surface area (Å²) in [5, 5.41) is 1.17. The minimum atomic E-state index is 0.0743. The molecule has 2 nitrogen and oxygen atoms in total. The van der Waals surface area contributed by atoms with Gasteiger partial charge in [0.1, 0.15) is 11.3 Å². The predicted molar refractivity (Wildman–Crippen MR) is 74.6 cm³/mol. The van der Waals surface area contributed by atoms with Gasteiger partial charge in [0.2, 0.25) is 0 Å². The first-order valence-corrected chi connectivity index (χ1v) is 6.75. The average molecular weight is 243 g/mol. The van der Waals surface area contributed by atoms with Gasteiger partial charge in [-0.3, -0.25) is 0 Å². The Morgan fingerprint density at radius 3 is 2.61 bits per heavy atom. The molecule has 1 aliphatic rings. The van der Waals surface area contributed by atoms with Crippen LogP contribution in [-0.2, 0) is 5.41 Å². The molecule has 96 valence electrons. The third-order valence-corrected chi connectivity index (χ3v) is 3.83. The fourth-order valence-electron chi connectivity index (χ4n) is 2.53. The summed E-state index contributed by atoms with van der Waals surface area (Å²) in [6, 6.07) is 8.55. The first-order chi connectivity index (χ1) is 8.47. The van der Waals surface area contributed by atoms with Crippen molar-refractivity contribution in [1.29, 1.82) is 0 Å². The lowest BCUT2D eigenvalue weighted by atomic mass is 9.86. The number of para-hydroxylation sites is 1. The molecule has 0 radical (unpaired) electrons. The highest BCUT2D eigenvalue weighted by molar-refractivity contribution is 5.82. The number of hydrogen-bond acceptors (Lipinski definition) is 2. The molecule has 1 aliphatic carbocycles. The van der Waals surface area contributed by atoms with Crippen LogP contribution >= 0.6 is 0 Å². The Hall–Kier alpha value is -1.28. The molecule has 1 heterocycles. The van der Waals surface area contributed by atoms with Gasteiger partial charge in [0.25, 0.3) is 0 Å². The zero-order valence-electron chi connectivity index (χ0n) is 11.4. The molecule has 1 aromatic heterocycles. The number of rotatable bonds is 2. The van der Waals surface area contributed by atoms with Crippen molar-refractivity contribution in [2.45, 2.75) is 45.1 Å². The van der Waals surface area contributed by atoms with Gasteiger partial charge >= 0.3 is 0 Å². The Morgan fingerprint density at radius 1 is 1.28 bits per heavy atom. The van der Waals surface area contributed by atoms with Gasteiger partial charge in [0, 0.05) is 10.9 Å². The lowest BCUT2D eigenvalue weighted by Crippen LogP contribution is -2.11. The largest absolute Gasteiger partial charge is 0.459 e. The van der Waals surface area contributed by atoms with Gasteiger partial charge in [-0.25, -0.2) is 0 Å². The van der Waals surface area contributed by atoms with Crippen molar-refractivity contribution in [3.05, 3.63) is 35.6 Å². The second-order valence-corrected chi connectivity index (χ2v) is 6.49. The molecule has 3 rings (SSSR count). The molecule has 0 bridgehead atoms. The predicted octanol–water partition coefficient (Wildman–Crippen LogP) is 4.14. The third-order valence-electron chi connectivity index (χ3n) is 3.83. The van der Waals surface area contributed by atoms with E-state index < -0.39 is 0 Å². The summed E-state index contributed by atoms with van der Waals surface area (Å²) in [5.74, 6) is 1.58. The third kappa shape index (κ3) is 1.95. The standard InChI is InChI=1S/C16H21NO/c1-16(2,3)12-6-4-5-11-9-13(18-15(11)12)14(17)10-7-8-10/h4-6,9-10,14H,7-8,17H2,1-3H3. The Kier molecular flexibility index (Phi) is 2.53. The number of nitrogens with two attached hydrogens (primary N) is 1. The second kappa shape index (κ2) is 3.86. The van der Waals surface area contributed by atoms with Crippen LogP contribution in [0.4, 0.5) is 0 Å². The summed E-state index contributed by atoms with van der Waals surface area (Å²) < 4.78 is 6.06. The Balaban J connectivity index is 2.11. The number of hydrogen-bond donors (Lipinski definition) is 1. The molecule has 0 spiro atoms. The van der Waals surface area contributed by atoms with Crippen LogP contribution in [0.25, 0.3) is 11.0 Å². The molecular weight excluding hydrogens is 222 g/mol. The van der Waals surface area contributed by atoms with E-state index in [1.807, 2.05) is 0 Å². The van der Waals surface area contributed by atoms with E-state index in [0.717, 1.165) is 11.3 Å². The zero-order valence-corrected chi connectivity index (χ0v) is 11.4. The molecule has 0 aliphatic heterocycles. The van der Waals surface area contributed by atoms with Gasteiger partial charge in [0.05, 0.1) is 6.04 Å². The summed E-state index contributed by atoms with van der Waals surface area (Å²) in [6.07, 6.45) is 2.48. The van der Waals surface area contributed by atoms with E-state index in [2.05, 4.69) is 45.0 Å². The van der Waals surface area contributed by atoms with Crippen LogP contribution in [0.1, 0.15) is 51.0 Å². The molecule has 18 heavy (non-hydrogen) atoms. The van der Waals surface area contributed by atoms with Crippen LogP contribution in [0.5, 0.6) is 0 Å². The van der Waals surface area contributed by atoms with Crippen LogP contribution in [0.2, 0.25) is 0 Å². The van der Waals surface area contributed by atoms with Crippen LogP contribution < -0.4 is 5.73 Å². The van der Waals surface area contributed by atoms with Crippen molar-refractivity contribution < 1.29 is 4.42 Å². The lowest BCUT2D eigenvalue weighted by Gasteiger charge is -2.18. The fourth-order valence-corrected chi connectivity index (χ4v) is 2.53. The minimum absolute atomic E-state index is 0.0743. The molecule has 1 unspecified atom stereocenters. The molecule has 2 aromatic rings. The van der Waals surface area contributed by atoms with Crippen molar-refractivity contribution in [1.82, 2.24) is 0 Å². The number of furan rings is 1. The molecule has 2 heteroatoms. The average Bonchev–Trinajstić information content (AvgIpc) is 3.04. The summed E-state index contributed by atoms with van der Waals surface area (Å²) in [7, 11) is 0. The molecule has 1 fully saturated rings. The van der Waals surface area contributed by atoms with E-state index in [9.17, 15) is 0 Å². The van der Waals surface area contributed by atoms with Gasteiger partial charge in [-0.1, -0.05) is 39.0 Å².